The maximum absolute atomic E-state index is 10.9. The molecule has 76 valence electrons. The normalized spacial score (nSPS) is 12.2. The Morgan fingerprint density at radius 3 is 2.62 bits per heavy atom. The first-order chi connectivity index (χ1) is 6.07. The van der Waals surface area contributed by atoms with Crippen LogP contribution in [0.25, 0.3) is 0 Å². The molecule has 0 aromatic rings. The molecule has 1 amide bonds. The van der Waals surface area contributed by atoms with Gasteiger partial charge in [0.15, 0.2) is 0 Å². The molecule has 4 nitrogen and oxygen atoms in total. The average Bonchev–Trinajstić information content (AvgIpc) is 2.10. The minimum absolute atomic E-state index is 0.157. The van der Waals surface area contributed by atoms with Crippen LogP contribution in [0.5, 0.6) is 0 Å². The zero-order chi connectivity index (χ0) is 10.3. The average molecular weight is 204 g/mol. The minimum atomic E-state index is -0.470. The number of nitrogens with one attached hydrogen (secondary N) is 1. The highest BCUT2D eigenvalue weighted by Gasteiger charge is 2.10. The number of carbonyl (C=O) groups is 2. The Morgan fingerprint density at radius 2 is 2.15 bits per heavy atom. The smallest absolute Gasteiger partial charge is 0.237 e. The van der Waals surface area contributed by atoms with Gasteiger partial charge in [-0.25, -0.2) is 0 Å². The molecule has 0 aliphatic carbocycles. The fourth-order valence-electron chi connectivity index (χ4n) is 0.687. The van der Waals surface area contributed by atoms with E-state index in [0.717, 1.165) is 5.75 Å². The fourth-order valence-corrected chi connectivity index (χ4v) is 1.69. The molecule has 0 saturated heterocycles. The Bertz CT molecular complexity index is 185. The molecule has 3 N–H and O–H groups in total. The highest BCUT2D eigenvalue weighted by molar-refractivity contribution is 7.99. The number of rotatable bonds is 6. The molecule has 0 aliphatic heterocycles. The van der Waals surface area contributed by atoms with Gasteiger partial charge in [0.25, 0.3) is 0 Å². The predicted octanol–water partition coefficient (Wildman–Crippen LogP) is -0.228. The van der Waals surface area contributed by atoms with Gasteiger partial charge < -0.3 is 11.1 Å². The van der Waals surface area contributed by atoms with Crippen molar-refractivity contribution in [1.29, 1.82) is 0 Å². The van der Waals surface area contributed by atoms with Crippen molar-refractivity contribution in [2.24, 2.45) is 5.73 Å². The van der Waals surface area contributed by atoms with E-state index in [1.807, 2.05) is 0 Å². The largest absolute Gasteiger partial charge is 0.358 e. The van der Waals surface area contributed by atoms with Gasteiger partial charge >= 0.3 is 0 Å². The first-order valence-corrected chi connectivity index (χ1v) is 5.27. The topological polar surface area (TPSA) is 72.2 Å². The van der Waals surface area contributed by atoms with Gasteiger partial charge in [0, 0.05) is 25.0 Å². The van der Waals surface area contributed by atoms with Crippen LogP contribution >= 0.6 is 11.8 Å². The van der Waals surface area contributed by atoms with E-state index in [-0.39, 0.29) is 11.7 Å². The maximum atomic E-state index is 10.9. The summed E-state index contributed by atoms with van der Waals surface area (Å²) in [5.74, 6) is 1.31. The molecular formula is C8H16N2O2S. The Balaban J connectivity index is 3.42. The van der Waals surface area contributed by atoms with E-state index in [9.17, 15) is 9.59 Å². The standard InChI is InChI=1S/C8H16N2O2S/c1-6(11)3-4-13-5-7(9)8(12)10-2/h7H,3-5,9H2,1-2H3,(H,10,12). The molecule has 0 radical (unpaired) electrons. The van der Waals surface area contributed by atoms with Crippen LogP contribution < -0.4 is 11.1 Å². The third-order valence-corrected chi connectivity index (χ3v) is 2.57. The van der Waals surface area contributed by atoms with Crippen molar-refractivity contribution in [3.63, 3.8) is 0 Å². The van der Waals surface area contributed by atoms with Gasteiger partial charge in [0.1, 0.15) is 5.78 Å². The summed E-state index contributed by atoms with van der Waals surface area (Å²) in [5, 5.41) is 2.47. The summed E-state index contributed by atoms with van der Waals surface area (Å²) in [7, 11) is 1.56. The van der Waals surface area contributed by atoms with Crippen molar-refractivity contribution in [3.8, 4) is 0 Å². The number of carbonyl (C=O) groups excluding carboxylic acids is 2. The second kappa shape index (κ2) is 6.91. The Kier molecular flexibility index (Phi) is 6.62. The third-order valence-electron chi connectivity index (χ3n) is 1.48. The highest BCUT2D eigenvalue weighted by atomic mass is 32.2. The van der Waals surface area contributed by atoms with Crippen LogP contribution in [0.15, 0.2) is 0 Å². The molecule has 0 spiro atoms. The number of nitrogens with two attached hydrogens (primary N) is 1. The van der Waals surface area contributed by atoms with Crippen molar-refractivity contribution in [3.05, 3.63) is 0 Å². The molecule has 0 aromatic heterocycles. The molecule has 0 aromatic carbocycles. The van der Waals surface area contributed by atoms with Gasteiger partial charge in [0.2, 0.25) is 5.91 Å². The Labute approximate surface area is 82.6 Å². The lowest BCUT2D eigenvalue weighted by atomic mass is 10.3. The van der Waals surface area contributed by atoms with Crippen molar-refractivity contribution in [1.82, 2.24) is 5.32 Å². The first-order valence-electron chi connectivity index (χ1n) is 4.12. The summed E-state index contributed by atoms with van der Waals surface area (Å²) in [4.78, 5) is 21.5. The molecular weight excluding hydrogens is 188 g/mol. The van der Waals surface area contributed by atoms with Gasteiger partial charge in [-0.2, -0.15) is 11.8 Å². The SMILES string of the molecule is CNC(=O)C(N)CSCCC(C)=O. The molecule has 5 heteroatoms. The molecule has 13 heavy (non-hydrogen) atoms. The number of Topliss-reactive ketones (excluding diaryl/α,β-unsaturated/α-hetero) is 1. The maximum Gasteiger partial charge on any atom is 0.237 e. The van der Waals surface area contributed by atoms with Gasteiger partial charge in [-0.05, 0) is 6.92 Å². The highest BCUT2D eigenvalue weighted by Crippen LogP contribution is 2.04. The molecule has 0 heterocycles. The van der Waals surface area contributed by atoms with Crippen molar-refractivity contribution >= 4 is 23.5 Å². The van der Waals surface area contributed by atoms with E-state index in [1.165, 1.54) is 11.8 Å². The number of hydrogen-bond acceptors (Lipinski definition) is 4. The summed E-state index contributed by atoms with van der Waals surface area (Å²) in [6.45, 7) is 1.55. The lowest BCUT2D eigenvalue weighted by Gasteiger charge is -2.08. The van der Waals surface area contributed by atoms with Crippen LogP contribution in [0.2, 0.25) is 0 Å². The molecule has 1 unspecified atom stereocenters. The summed E-state index contributed by atoms with van der Waals surface area (Å²) in [6, 6.07) is -0.470. The lowest BCUT2D eigenvalue weighted by Crippen LogP contribution is -2.40. The van der Waals surface area contributed by atoms with E-state index in [1.54, 1.807) is 14.0 Å². The number of amides is 1. The van der Waals surface area contributed by atoms with Crippen LogP contribution in [-0.4, -0.2) is 36.3 Å². The number of hydrogen-bond donors (Lipinski definition) is 2. The van der Waals surface area contributed by atoms with Crippen LogP contribution in [0.3, 0.4) is 0 Å². The van der Waals surface area contributed by atoms with Crippen molar-refractivity contribution in [2.45, 2.75) is 19.4 Å². The van der Waals surface area contributed by atoms with Crippen molar-refractivity contribution < 1.29 is 9.59 Å². The zero-order valence-corrected chi connectivity index (χ0v) is 8.82. The third kappa shape index (κ3) is 6.60. The second-order valence-electron chi connectivity index (χ2n) is 2.75. The quantitative estimate of drug-likeness (QED) is 0.586. The summed E-state index contributed by atoms with van der Waals surface area (Å²) < 4.78 is 0. The van der Waals surface area contributed by atoms with E-state index in [2.05, 4.69) is 5.32 Å². The zero-order valence-electron chi connectivity index (χ0n) is 8.00. The number of likely N-dealkylation sites (N-methyl/N-ethyl adjacent to an activating group) is 1. The van der Waals surface area contributed by atoms with E-state index < -0.39 is 6.04 Å². The minimum Gasteiger partial charge on any atom is -0.358 e. The van der Waals surface area contributed by atoms with E-state index >= 15 is 0 Å². The molecule has 0 fully saturated rings. The summed E-state index contributed by atoms with van der Waals surface area (Å²) in [6.07, 6.45) is 0.547. The van der Waals surface area contributed by atoms with Gasteiger partial charge in [-0.1, -0.05) is 0 Å². The lowest BCUT2D eigenvalue weighted by molar-refractivity contribution is -0.121. The van der Waals surface area contributed by atoms with Crippen LogP contribution in [0, 0.1) is 0 Å². The van der Waals surface area contributed by atoms with E-state index in [0.29, 0.717) is 12.2 Å². The number of ketones is 1. The monoisotopic (exact) mass is 204 g/mol. The molecule has 0 saturated carbocycles. The summed E-state index contributed by atoms with van der Waals surface area (Å²) >= 11 is 1.53. The second-order valence-corrected chi connectivity index (χ2v) is 3.90. The van der Waals surface area contributed by atoms with Crippen LogP contribution in [0.4, 0.5) is 0 Å². The molecule has 1 atom stereocenters. The van der Waals surface area contributed by atoms with Crippen LogP contribution in [0.1, 0.15) is 13.3 Å². The van der Waals surface area contributed by atoms with Crippen LogP contribution in [-0.2, 0) is 9.59 Å². The molecule has 0 rings (SSSR count). The fraction of sp³-hybridized carbons (Fsp3) is 0.750. The van der Waals surface area contributed by atoms with Gasteiger partial charge in [-0.15, -0.1) is 0 Å². The summed E-state index contributed by atoms with van der Waals surface area (Å²) in [5.41, 5.74) is 5.53. The molecule has 0 bridgehead atoms. The Hall–Kier alpha value is -0.550. The first kappa shape index (κ1) is 12.4. The van der Waals surface area contributed by atoms with Gasteiger partial charge in [-0.3, -0.25) is 9.59 Å². The predicted molar refractivity (Wildman–Crippen MR) is 54.7 cm³/mol. The Morgan fingerprint density at radius 1 is 1.54 bits per heavy atom. The van der Waals surface area contributed by atoms with Crippen molar-refractivity contribution in [2.75, 3.05) is 18.6 Å². The van der Waals surface area contributed by atoms with Gasteiger partial charge in [0.05, 0.1) is 6.04 Å². The van der Waals surface area contributed by atoms with E-state index in [4.69, 9.17) is 5.73 Å². The molecule has 0 aliphatic rings. The number of thioether (sulfide) groups is 1.